The standard InChI is InChI=1S/C31H31NO5S/c1-2-23-8-10-24(11-9-23)25-12-16-28(17-13-25)38-29-18-14-27(15-19-29)36-22-31(20-33,21-34)32-37-30(35)26-6-4-3-5-7-26/h3-19,32-34H,2,20-22H2,1H3. The van der Waals surface area contributed by atoms with Crippen LogP contribution in [-0.2, 0) is 11.3 Å². The average molecular weight is 530 g/mol. The van der Waals surface area contributed by atoms with Gasteiger partial charge in [-0.25, -0.2) is 4.79 Å². The van der Waals surface area contributed by atoms with E-state index in [-0.39, 0.29) is 6.61 Å². The summed E-state index contributed by atoms with van der Waals surface area (Å²) in [4.78, 5) is 19.5. The summed E-state index contributed by atoms with van der Waals surface area (Å²) in [6.45, 7) is 1.03. The van der Waals surface area contributed by atoms with Crippen LogP contribution >= 0.6 is 11.8 Å². The van der Waals surface area contributed by atoms with E-state index in [2.05, 4.69) is 60.9 Å². The Kier molecular flexibility index (Phi) is 9.56. The molecule has 0 saturated carbocycles. The zero-order valence-electron chi connectivity index (χ0n) is 21.2. The van der Waals surface area contributed by atoms with Crippen LogP contribution in [0, 0.1) is 0 Å². The molecule has 38 heavy (non-hydrogen) atoms. The first-order valence-corrected chi connectivity index (χ1v) is 13.2. The Hall–Kier alpha value is -3.62. The number of aliphatic hydroxyl groups excluding tert-OH is 2. The van der Waals surface area contributed by atoms with Crippen molar-refractivity contribution in [2.24, 2.45) is 0 Å². The van der Waals surface area contributed by atoms with Gasteiger partial charge in [-0.15, -0.1) is 5.48 Å². The number of aliphatic hydroxyl groups is 2. The van der Waals surface area contributed by atoms with Crippen LogP contribution in [0.1, 0.15) is 22.8 Å². The highest BCUT2D eigenvalue weighted by Crippen LogP contribution is 2.31. The van der Waals surface area contributed by atoms with E-state index in [4.69, 9.17) is 9.57 Å². The first kappa shape index (κ1) is 27.4. The summed E-state index contributed by atoms with van der Waals surface area (Å²) in [7, 11) is 0. The zero-order valence-corrected chi connectivity index (χ0v) is 22.0. The van der Waals surface area contributed by atoms with Crippen molar-refractivity contribution in [1.82, 2.24) is 5.48 Å². The maximum atomic E-state index is 12.2. The van der Waals surface area contributed by atoms with Gasteiger partial charge in [0.1, 0.15) is 17.9 Å². The van der Waals surface area contributed by atoms with Crippen LogP contribution in [0.15, 0.2) is 113 Å². The smallest absolute Gasteiger partial charge is 0.356 e. The van der Waals surface area contributed by atoms with Crippen LogP contribution in [0.4, 0.5) is 0 Å². The van der Waals surface area contributed by atoms with E-state index in [1.807, 2.05) is 24.3 Å². The van der Waals surface area contributed by atoms with E-state index < -0.39 is 24.7 Å². The van der Waals surface area contributed by atoms with Gasteiger partial charge in [0, 0.05) is 9.79 Å². The predicted octanol–water partition coefficient (Wildman–Crippen LogP) is 5.53. The molecule has 0 heterocycles. The molecule has 0 unspecified atom stereocenters. The van der Waals surface area contributed by atoms with E-state index in [9.17, 15) is 15.0 Å². The van der Waals surface area contributed by atoms with E-state index in [1.165, 1.54) is 16.7 Å². The quantitative estimate of drug-likeness (QED) is 0.208. The number of hydrogen-bond donors (Lipinski definition) is 3. The summed E-state index contributed by atoms with van der Waals surface area (Å²) in [5, 5.41) is 19.7. The molecule has 4 aromatic rings. The van der Waals surface area contributed by atoms with E-state index >= 15 is 0 Å². The molecule has 196 valence electrons. The Morgan fingerprint density at radius 2 is 1.34 bits per heavy atom. The summed E-state index contributed by atoms with van der Waals surface area (Å²) in [6, 6.07) is 33.1. The molecule has 0 atom stereocenters. The molecule has 4 rings (SSSR count). The predicted molar refractivity (Wildman–Crippen MR) is 149 cm³/mol. The second-order valence-corrected chi connectivity index (χ2v) is 10.0. The van der Waals surface area contributed by atoms with Gasteiger partial charge in [-0.05, 0) is 71.6 Å². The molecule has 0 spiro atoms. The third-order valence-electron chi connectivity index (χ3n) is 6.10. The van der Waals surface area contributed by atoms with Crippen molar-refractivity contribution in [2.75, 3.05) is 19.8 Å². The summed E-state index contributed by atoms with van der Waals surface area (Å²) in [5.41, 5.74) is 5.18. The van der Waals surface area contributed by atoms with Gasteiger partial charge in [0.2, 0.25) is 0 Å². The van der Waals surface area contributed by atoms with Crippen LogP contribution in [0.5, 0.6) is 5.75 Å². The lowest BCUT2D eigenvalue weighted by atomic mass is 10.0. The van der Waals surface area contributed by atoms with Crippen LogP contribution in [0.25, 0.3) is 11.1 Å². The molecule has 3 N–H and O–H groups in total. The number of rotatable bonds is 12. The van der Waals surface area contributed by atoms with Crippen LogP contribution in [0.3, 0.4) is 0 Å². The number of ether oxygens (including phenoxy) is 1. The van der Waals surface area contributed by atoms with Crippen molar-refractivity contribution in [3.8, 4) is 16.9 Å². The van der Waals surface area contributed by atoms with Gasteiger partial charge >= 0.3 is 5.97 Å². The first-order valence-electron chi connectivity index (χ1n) is 12.4. The molecule has 0 radical (unpaired) electrons. The fourth-order valence-electron chi connectivity index (χ4n) is 3.63. The molecule has 4 aromatic carbocycles. The Bertz CT molecular complexity index is 1290. The fraction of sp³-hybridized carbons (Fsp3) is 0.194. The van der Waals surface area contributed by atoms with Crippen LogP contribution in [0.2, 0.25) is 0 Å². The first-order chi connectivity index (χ1) is 18.5. The maximum absolute atomic E-state index is 12.2. The lowest BCUT2D eigenvalue weighted by molar-refractivity contribution is -0.0543. The van der Waals surface area contributed by atoms with Crippen molar-refractivity contribution in [2.45, 2.75) is 28.7 Å². The number of hydroxylamine groups is 1. The molecule has 7 heteroatoms. The number of hydrogen-bond acceptors (Lipinski definition) is 7. The molecule has 6 nitrogen and oxygen atoms in total. The topological polar surface area (TPSA) is 88.0 Å². The monoisotopic (exact) mass is 529 g/mol. The number of carbonyl (C=O) groups excluding carboxylic acids is 1. The highest BCUT2D eigenvalue weighted by atomic mass is 32.2. The fourth-order valence-corrected chi connectivity index (χ4v) is 4.45. The van der Waals surface area contributed by atoms with Crippen LogP contribution in [-0.4, -0.2) is 41.5 Å². The number of nitrogens with one attached hydrogen (secondary N) is 1. The second kappa shape index (κ2) is 13.3. The molecule has 0 aromatic heterocycles. The number of carbonyl (C=O) groups is 1. The van der Waals surface area contributed by atoms with Gasteiger partial charge in [0.25, 0.3) is 0 Å². The zero-order chi connectivity index (χ0) is 26.8. The molecule has 0 aliphatic carbocycles. The van der Waals surface area contributed by atoms with Gasteiger partial charge in [-0.2, -0.15) is 0 Å². The Balaban J connectivity index is 1.31. The highest BCUT2D eigenvalue weighted by molar-refractivity contribution is 7.99. The van der Waals surface area contributed by atoms with Crippen LogP contribution < -0.4 is 10.2 Å². The van der Waals surface area contributed by atoms with Gasteiger partial charge in [0.05, 0.1) is 18.8 Å². The molecule has 0 saturated heterocycles. The molecule has 0 bridgehead atoms. The van der Waals surface area contributed by atoms with Gasteiger partial charge in [-0.1, -0.05) is 73.3 Å². The van der Waals surface area contributed by atoms with Crippen molar-refractivity contribution in [3.63, 3.8) is 0 Å². The average Bonchev–Trinajstić information content (AvgIpc) is 2.99. The summed E-state index contributed by atoms with van der Waals surface area (Å²) >= 11 is 1.64. The minimum Gasteiger partial charge on any atom is -0.491 e. The molecular formula is C31H31NO5S. The summed E-state index contributed by atoms with van der Waals surface area (Å²) in [6.07, 6.45) is 1.03. The van der Waals surface area contributed by atoms with E-state index in [0.29, 0.717) is 11.3 Å². The van der Waals surface area contributed by atoms with E-state index in [0.717, 1.165) is 16.2 Å². The number of aryl methyl sites for hydroxylation is 1. The number of benzene rings is 4. The van der Waals surface area contributed by atoms with Crippen molar-refractivity contribution >= 4 is 17.7 Å². The lowest BCUT2D eigenvalue weighted by Crippen LogP contribution is -2.56. The minimum atomic E-state index is -1.36. The van der Waals surface area contributed by atoms with Gasteiger partial charge in [0.15, 0.2) is 0 Å². The third kappa shape index (κ3) is 7.24. The van der Waals surface area contributed by atoms with Crippen molar-refractivity contribution in [3.05, 3.63) is 114 Å². The summed E-state index contributed by atoms with van der Waals surface area (Å²) < 4.78 is 5.79. The molecule has 0 aliphatic heterocycles. The maximum Gasteiger partial charge on any atom is 0.356 e. The summed E-state index contributed by atoms with van der Waals surface area (Å²) in [5.74, 6) is -0.0663. The SMILES string of the molecule is CCc1ccc(-c2ccc(Sc3ccc(OCC(CO)(CO)NOC(=O)c4ccccc4)cc3)cc2)cc1. The second-order valence-electron chi connectivity index (χ2n) is 8.89. The molecule has 0 fully saturated rings. The normalized spacial score (nSPS) is 11.2. The lowest BCUT2D eigenvalue weighted by Gasteiger charge is -2.29. The van der Waals surface area contributed by atoms with Crippen molar-refractivity contribution in [1.29, 1.82) is 0 Å². The van der Waals surface area contributed by atoms with Gasteiger partial charge < -0.3 is 19.8 Å². The molecular weight excluding hydrogens is 498 g/mol. The largest absolute Gasteiger partial charge is 0.491 e. The Labute approximate surface area is 227 Å². The van der Waals surface area contributed by atoms with Gasteiger partial charge in [-0.3, -0.25) is 0 Å². The van der Waals surface area contributed by atoms with E-state index in [1.54, 1.807) is 42.1 Å². The third-order valence-corrected chi connectivity index (χ3v) is 7.12. The minimum absolute atomic E-state index is 0.116. The van der Waals surface area contributed by atoms with Crippen molar-refractivity contribution < 1.29 is 24.6 Å². The Morgan fingerprint density at radius 3 is 1.89 bits per heavy atom. The highest BCUT2D eigenvalue weighted by Gasteiger charge is 2.32. The Morgan fingerprint density at radius 1 is 0.789 bits per heavy atom. The molecule has 0 aliphatic rings. The molecule has 0 amide bonds.